The van der Waals surface area contributed by atoms with Gasteiger partial charge in [-0.05, 0) is 89.9 Å². The second kappa shape index (κ2) is 44.4. The molecule has 0 aromatic carbocycles. The van der Waals surface area contributed by atoms with Crippen LogP contribution in [0.3, 0.4) is 0 Å². The van der Waals surface area contributed by atoms with Crippen molar-refractivity contribution in [3.8, 4) is 0 Å². The SMILES string of the molecule is CCCCC/C=C/C/C=C/C/C=C/C/C=C/C/C=C/CCCCC(=O)OC(COCCC(C(=O)O)[N+](C)(C)C)COC(=O)CCCCCCCCC/C=C/CCCCCCCC. The molecule has 0 radical (unpaired) electrons. The first-order chi connectivity index (χ1) is 30.1. The zero-order chi connectivity index (χ0) is 45.6. The number of hydrogen-bond acceptors (Lipinski definition) is 6. The van der Waals surface area contributed by atoms with Crippen LogP contribution in [0.15, 0.2) is 72.9 Å². The molecule has 8 heteroatoms. The van der Waals surface area contributed by atoms with E-state index in [0.717, 1.165) is 57.8 Å². The van der Waals surface area contributed by atoms with Gasteiger partial charge in [-0.2, -0.15) is 0 Å². The van der Waals surface area contributed by atoms with E-state index in [-0.39, 0.29) is 42.7 Å². The molecule has 0 aliphatic rings. The lowest BCUT2D eigenvalue weighted by Gasteiger charge is -2.31. The molecule has 0 heterocycles. The highest BCUT2D eigenvalue weighted by atomic mass is 16.6. The molecule has 0 aromatic heterocycles. The maximum atomic E-state index is 12.8. The van der Waals surface area contributed by atoms with E-state index in [2.05, 4.69) is 86.8 Å². The van der Waals surface area contributed by atoms with Crippen molar-refractivity contribution in [2.24, 2.45) is 0 Å². The standard InChI is InChI=1S/C54H93NO7/c1-6-8-10-12-14-16-18-20-22-24-25-26-27-29-31-33-35-37-39-41-43-45-53(57)62-50(48-60-47-46-51(54(58)59)55(3,4)5)49-61-52(56)44-42-40-38-36-34-32-30-28-23-21-19-17-15-13-11-9-7-2/h14,16,20-23,25-26,29,31,35,37,50-51H,6-13,15,17-19,24,27-28,30,32-34,36,38-49H2,1-5H3/p+1/b16-14+,22-20+,23-21+,26-25+,31-29+,37-35+. The minimum Gasteiger partial charge on any atom is -0.477 e. The molecule has 62 heavy (non-hydrogen) atoms. The normalized spacial score (nSPS) is 13.5. The Morgan fingerprint density at radius 1 is 0.484 bits per heavy atom. The number of hydrogen-bond donors (Lipinski definition) is 1. The Morgan fingerprint density at radius 2 is 0.855 bits per heavy atom. The third-order valence-electron chi connectivity index (χ3n) is 10.8. The Bertz CT molecular complexity index is 1240. The topological polar surface area (TPSA) is 99.1 Å². The molecule has 0 spiro atoms. The number of quaternary nitrogens is 1. The number of nitrogens with zero attached hydrogens (tertiary/aromatic N) is 1. The van der Waals surface area contributed by atoms with E-state index >= 15 is 0 Å². The van der Waals surface area contributed by atoms with Gasteiger partial charge in [0.2, 0.25) is 0 Å². The molecule has 0 saturated heterocycles. The molecule has 0 saturated carbocycles. The fraction of sp³-hybridized carbons (Fsp3) is 0.722. The number of unbranched alkanes of at least 4 members (excludes halogenated alkanes) is 18. The van der Waals surface area contributed by atoms with Crippen LogP contribution in [0.2, 0.25) is 0 Å². The first-order valence-electron chi connectivity index (χ1n) is 25.0. The van der Waals surface area contributed by atoms with Crippen LogP contribution in [0.25, 0.3) is 0 Å². The van der Waals surface area contributed by atoms with Gasteiger partial charge < -0.3 is 23.8 Å². The van der Waals surface area contributed by atoms with E-state index in [0.29, 0.717) is 19.3 Å². The van der Waals surface area contributed by atoms with Crippen molar-refractivity contribution in [3.63, 3.8) is 0 Å². The lowest BCUT2D eigenvalue weighted by Crippen LogP contribution is -2.50. The van der Waals surface area contributed by atoms with Crippen molar-refractivity contribution >= 4 is 17.9 Å². The van der Waals surface area contributed by atoms with Crippen molar-refractivity contribution < 1.29 is 38.2 Å². The predicted octanol–water partition coefficient (Wildman–Crippen LogP) is 14.3. The summed E-state index contributed by atoms with van der Waals surface area (Å²) in [4.78, 5) is 37.1. The minimum atomic E-state index is -0.884. The van der Waals surface area contributed by atoms with Crippen molar-refractivity contribution in [1.82, 2.24) is 0 Å². The van der Waals surface area contributed by atoms with Crippen molar-refractivity contribution in [2.75, 3.05) is 41.0 Å². The van der Waals surface area contributed by atoms with Gasteiger partial charge in [0.15, 0.2) is 12.1 Å². The van der Waals surface area contributed by atoms with Crippen LogP contribution < -0.4 is 0 Å². The van der Waals surface area contributed by atoms with Gasteiger partial charge >= 0.3 is 17.9 Å². The van der Waals surface area contributed by atoms with E-state index in [9.17, 15) is 19.5 Å². The molecular formula is C54H94NO7+. The second-order valence-electron chi connectivity index (χ2n) is 17.7. The summed E-state index contributed by atoms with van der Waals surface area (Å²) in [6, 6.07) is -0.627. The third kappa shape index (κ3) is 42.1. The molecule has 2 unspecified atom stereocenters. The van der Waals surface area contributed by atoms with E-state index in [1.54, 1.807) is 0 Å². The molecule has 8 nitrogen and oxygen atoms in total. The first kappa shape index (κ1) is 58.8. The summed E-state index contributed by atoms with van der Waals surface area (Å²) in [5.74, 6) is -1.53. The summed E-state index contributed by atoms with van der Waals surface area (Å²) >= 11 is 0. The van der Waals surface area contributed by atoms with Gasteiger partial charge in [-0.15, -0.1) is 0 Å². The number of esters is 2. The van der Waals surface area contributed by atoms with Gasteiger partial charge in [0, 0.05) is 19.3 Å². The van der Waals surface area contributed by atoms with Crippen LogP contribution in [-0.2, 0) is 28.6 Å². The molecule has 0 rings (SSSR count). The fourth-order valence-corrected chi connectivity index (χ4v) is 6.93. The zero-order valence-electron chi connectivity index (χ0n) is 40.6. The van der Waals surface area contributed by atoms with Crippen LogP contribution in [-0.4, -0.2) is 80.6 Å². The van der Waals surface area contributed by atoms with Gasteiger partial charge in [0.25, 0.3) is 0 Å². The number of carbonyl (C=O) groups is 3. The maximum Gasteiger partial charge on any atom is 0.362 e. The van der Waals surface area contributed by atoms with Crippen LogP contribution >= 0.6 is 0 Å². The molecule has 0 aliphatic carbocycles. The van der Waals surface area contributed by atoms with Gasteiger partial charge in [0.1, 0.15) is 6.61 Å². The molecule has 0 bridgehead atoms. The molecule has 0 fully saturated rings. The van der Waals surface area contributed by atoms with E-state index in [1.165, 1.54) is 103 Å². The van der Waals surface area contributed by atoms with Crippen LogP contribution in [0.4, 0.5) is 0 Å². The van der Waals surface area contributed by atoms with Crippen LogP contribution in [0, 0.1) is 0 Å². The summed E-state index contributed by atoms with van der Waals surface area (Å²) in [5.41, 5.74) is 0. The van der Waals surface area contributed by atoms with Gasteiger partial charge in [0.05, 0.1) is 34.4 Å². The Labute approximate surface area is 381 Å². The quantitative estimate of drug-likeness (QED) is 0.0282. The lowest BCUT2D eigenvalue weighted by atomic mass is 10.1. The number of ether oxygens (including phenoxy) is 3. The monoisotopic (exact) mass is 869 g/mol. The molecule has 1 N–H and O–H groups in total. The average Bonchev–Trinajstić information content (AvgIpc) is 3.23. The number of aliphatic carboxylic acids is 1. The number of carboxylic acid groups (broad SMARTS) is 1. The molecule has 0 amide bonds. The number of likely N-dealkylation sites (N-methyl/N-ethyl adjacent to an activating group) is 1. The number of allylic oxidation sites excluding steroid dienone is 12. The first-order valence-corrected chi connectivity index (χ1v) is 25.0. The molecular weight excluding hydrogens is 775 g/mol. The summed E-state index contributed by atoms with van der Waals surface area (Å²) in [6.45, 7) is 4.66. The third-order valence-corrected chi connectivity index (χ3v) is 10.8. The fourth-order valence-electron chi connectivity index (χ4n) is 6.93. The molecule has 0 aromatic rings. The molecule has 0 aliphatic heterocycles. The average molecular weight is 869 g/mol. The predicted molar refractivity (Wildman–Crippen MR) is 261 cm³/mol. The minimum absolute atomic E-state index is 0.0393. The Morgan fingerprint density at radius 3 is 1.34 bits per heavy atom. The highest BCUT2D eigenvalue weighted by Crippen LogP contribution is 2.13. The number of carboxylic acids is 1. The summed E-state index contributed by atoms with van der Waals surface area (Å²) in [7, 11) is 5.51. The zero-order valence-corrected chi connectivity index (χ0v) is 40.6. The van der Waals surface area contributed by atoms with E-state index in [1.807, 2.05) is 21.1 Å². The largest absolute Gasteiger partial charge is 0.477 e. The van der Waals surface area contributed by atoms with E-state index in [4.69, 9.17) is 14.2 Å². The number of rotatable bonds is 44. The van der Waals surface area contributed by atoms with Crippen LogP contribution in [0.5, 0.6) is 0 Å². The summed E-state index contributed by atoms with van der Waals surface area (Å²) < 4.78 is 17.3. The molecule has 2 atom stereocenters. The van der Waals surface area contributed by atoms with Crippen LogP contribution in [0.1, 0.15) is 200 Å². The van der Waals surface area contributed by atoms with Gasteiger partial charge in [-0.25, -0.2) is 4.79 Å². The Kier molecular flexibility index (Phi) is 42.1. The van der Waals surface area contributed by atoms with Gasteiger partial charge in [-0.3, -0.25) is 9.59 Å². The maximum absolute atomic E-state index is 12.8. The van der Waals surface area contributed by atoms with Crippen molar-refractivity contribution in [2.45, 2.75) is 212 Å². The highest BCUT2D eigenvalue weighted by Gasteiger charge is 2.31. The summed E-state index contributed by atoms with van der Waals surface area (Å²) in [5, 5.41) is 9.64. The summed E-state index contributed by atoms with van der Waals surface area (Å²) in [6.07, 6.45) is 56.6. The van der Waals surface area contributed by atoms with Crippen molar-refractivity contribution in [1.29, 1.82) is 0 Å². The Balaban J connectivity index is 4.38. The smallest absolute Gasteiger partial charge is 0.362 e. The van der Waals surface area contributed by atoms with Gasteiger partial charge in [-0.1, -0.05) is 164 Å². The molecule has 356 valence electrons. The highest BCUT2D eigenvalue weighted by molar-refractivity contribution is 5.72. The lowest BCUT2D eigenvalue weighted by molar-refractivity contribution is -0.887. The second-order valence-corrected chi connectivity index (χ2v) is 17.7. The van der Waals surface area contributed by atoms with E-state index < -0.39 is 18.1 Å². The van der Waals surface area contributed by atoms with Crippen molar-refractivity contribution in [3.05, 3.63) is 72.9 Å². The number of carbonyl (C=O) groups excluding carboxylic acids is 2. The Hall–Kier alpha value is -3.23.